The quantitative estimate of drug-likeness (QED) is 0.287. The first kappa shape index (κ1) is 21.7. The van der Waals surface area contributed by atoms with Crippen molar-refractivity contribution in [2.45, 2.75) is 58.5 Å². The minimum absolute atomic E-state index is 0. The molecule has 0 radical (unpaired) electrons. The number of aliphatic imine (C=N–C) groups is 1. The molecule has 2 aromatic rings. The highest BCUT2D eigenvalue weighted by Gasteiger charge is 2.14. The van der Waals surface area contributed by atoms with Crippen molar-refractivity contribution in [3.63, 3.8) is 0 Å². The molecule has 7 heteroatoms. The van der Waals surface area contributed by atoms with Crippen LogP contribution in [0.3, 0.4) is 0 Å². The lowest BCUT2D eigenvalue weighted by Gasteiger charge is -2.12. The van der Waals surface area contributed by atoms with Crippen molar-refractivity contribution < 1.29 is 0 Å². The van der Waals surface area contributed by atoms with Gasteiger partial charge in [-0.25, -0.2) is 0 Å². The monoisotopic (exact) mass is 482 g/mol. The fourth-order valence-corrected chi connectivity index (χ4v) is 3.30. The third kappa shape index (κ3) is 6.48. The molecule has 0 fully saturated rings. The molecule has 0 saturated heterocycles. The molecule has 3 rings (SSSR count). The van der Waals surface area contributed by atoms with Crippen LogP contribution in [0.2, 0.25) is 0 Å². The van der Waals surface area contributed by atoms with Crippen LogP contribution >= 0.6 is 24.0 Å². The minimum atomic E-state index is 0. The average Bonchev–Trinajstić information content (AvgIpc) is 2.88. The second kappa shape index (κ2) is 11.3. The Morgan fingerprint density at radius 2 is 1.93 bits per heavy atom. The van der Waals surface area contributed by atoms with Crippen molar-refractivity contribution in [2.24, 2.45) is 4.99 Å². The molecule has 0 amide bonds. The van der Waals surface area contributed by atoms with Gasteiger partial charge in [0.25, 0.3) is 0 Å². The van der Waals surface area contributed by atoms with Gasteiger partial charge in [-0.05, 0) is 31.7 Å². The van der Waals surface area contributed by atoms with Crippen LogP contribution in [-0.2, 0) is 25.9 Å². The van der Waals surface area contributed by atoms with Crippen molar-refractivity contribution >= 4 is 29.9 Å². The van der Waals surface area contributed by atoms with Gasteiger partial charge in [-0.1, -0.05) is 36.2 Å². The smallest absolute Gasteiger partial charge is 0.191 e. The zero-order chi connectivity index (χ0) is 18.2. The van der Waals surface area contributed by atoms with Gasteiger partial charge in [0.15, 0.2) is 5.96 Å². The Morgan fingerprint density at radius 1 is 1.11 bits per heavy atom. The maximum absolute atomic E-state index is 4.40. The number of halogens is 1. The Morgan fingerprint density at radius 3 is 2.70 bits per heavy atom. The second-order valence-corrected chi connectivity index (χ2v) is 6.94. The molecule has 0 saturated carbocycles. The molecule has 27 heavy (non-hydrogen) atoms. The first-order valence-electron chi connectivity index (χ1n) is 9.67. The summed E-state index contributed by atoms with van der Waals surface area (Å²) in [6.45, 7) is 4.82. The molecule has 1 aliphatic rings. The zero-order valence-electron chi connectivity index (χ0n) is 16.4. The Labute approximate surface area is 179 Å². The Kier molecular flexibility index (Phi) is 9.03. The molecule has 1 aliphatic heterocycles. The molecule has 1 aromatic heterocycles. The fourth-order valence-electron chi connectivity index (χ4n) is 3.30. The normalized spacial score (nSPS) is 14.1. The van der Waals surface area contributed by atoms with Crippen molar-refractivity contribution in [3.8, 4) is 0 Å². The van der Waals surface area contributed by atoms with Gasteiger partial charge in [0.1, 0.15) is 11.6 Å². The van der Waals surface area contributed by atoms with Crippen molar-refractivity contribution in [1.29, 1.82) is 0 Å². The van der Waals surface area contributed by atoms with Gasteiger partial charge >= 0.3 is 0 Å². The molecule has 2 N–H and O–H groups in total. The van der Waals surface area contributed by atoms with Crippen molar-refractivity contribution in [1.82, 2.24) is 25.4 Å². The highest BCUT2D eigenvalue weighted by Crippen LogP contribution is 2.15. The van der Waals surface area contributed by atoms with E-state index in [-0.39, 0.29) is 24.0 Å². The summed E-state index contributed by atoms with van der Waals surface area (Å²) in [6, 6.07) is 8.56. The molecule has 0 aliphatic carbocycles. The van der Waals surface area contributed by atoms with E-state index in [2.05, 4.69) is 61.6 Å². The molecular weight excluding hydrogens is 451 g/mol. The van der Waals surface area contributed by atoms with Crippen molar-refractivity contribution in [3.05, 3.63) is 47.0 Å². The molecule has 1 aromatic carbocycles. The van der Waals surface area contributed by atoms with Gasteiger partial charge in [-0.3, -0.25) is 4.99 Å². The Balaban J connectivity index is 0.00000261. The van der Waals surface area contributed by atoms with Crippen LogP contribution in [-0.4, -0.2) is 34.3 Å². The molecular formula is C20H31IN6. The van der Waals surface area contributed by atoms with E-state index in [0.717, 1.165) is 50.7 Å². The lowest BCUT2D eigenvalue weighted by atomic mass is 10.1. The van der Waals surface area contributed by atoms with E-state index >= 15 is 0 Å². The van der Waals surface area contributed by atoms with E-state index in [1.54, 1.807) is 0 Å². The lowest BCUT2D eigenvalue weighted by molar-refractivity contribution is 0.594. The number of aryl methyl sites for hydroxylation is 3. The number of hydrogen-bond donors (Lipinski definition) is 2. The first-order valence-corrected chi connectivity index (χ1v) is 9.67. The summed E-state index contributed by atoms with van der Waals surface area (Å²) in [7, 11) is 1.81. The number of rotatable bonds is 6. The van der Waals surface area contributed by atoms with Crippen LogP contribution in [0.15, 0.2) is 29.3 Å². The van der Waals surface area contributed by atoms with Gasteiger partial charge in [0, 0.05) is 39.5 Å². The number of hydrogen-bond acceptors (Lipinski definition) is 3. The minimum Gasteiger partial charge on any atom is -0.356 e. The fraction of sp³-hybridized carbons (Fsp3) is 0.550. The van der Waals surface area contributed by atoms with E-state index in [9.17, 15) is 0 Å². The maximum atomic E-state index is 4.40. The maximum Gasteiger partial charge on any atom is 0.191 e. The summed E-state index contributed by atoms with van der Waals surface area (Å²) in [4.78, 5) is 4.30. The Bertz CT molecular complexity index is 723. The number of fused-ring (bicyclic) bond motifs is 1. The van der Waals surface area contributed by atoms with Crippen LogP contribution < -0.4 is 10.6 Å². The standard InChI is InChI=1S/C20H30N6.HI/c1-16-9-11-17(12-10-16)15-23-20(21-2)22-13-6-8-19-25-24-18-7-4-3-5-14-26(18)19;/h9-12H,3-8,13-15H2,1-2H3,(H2,21,22,23);1H. The summed E-state index contributed by atoms with van der Waals surface area (Å²) < 4.78 is 2.33. The predicted octanol–water partition coefficient (Wildman–Crippen LogP) is 3.23. The highest BCUT2D eigenvalue weighted by atomic mass is 127. The molecule has 0 bridgehead atoms. The largest absolute Gasteiger partial charge is 0.356 e. The van der Waals surface area contributed by atoms with E-state index in [0.29, 0.717) is 0 Å². The average molecular weight is 482 g/mol. The predicted molar refractivity (Wildman–Crippen MR) is 121 cm³/mol. The van der Waals surface area contributed by atoms with E-state index in [1.807, 2.05) is 7.05 Å². The number of guanidine groups is 1. The van der Waals surface area contributed by atoms with Gasteiger partial charge in [0.2, 0.25) is 0 Å². The van der Waals surface area contributed by atoms with Gasteiger partial charge in [-0.2, -0.15) is 0 Å². The number of nitrogens with one attached hydrogen (secondary N) is 2. The van der Waals surface area contributed by atoms with E-state index < -0.39 is 0 Å². The number of aromatic nitrogens is 3. The van der Waals surface area contributed by atoms with Gasteiger partial charge in [-0.15, -0.1) is 34.2 Å². The van der Waals surface area contributed by atoms with Gasteiger partial charge in [0.05, 0.1) is 0 Å². The van der Waals surface area contributed by atoms with Crippen LogP contribution in [0.4, 0.5) is 0 Å². The van der Waals surface area contributed by atoms with E-state index in [4.69, 9.17) is 0 Å². The van der Waals surface area contributed by atoms with E-state index in [1.165, 1.54) is 36.2 Å². The molecule has 0 spiro atoms. The molecule has 6 nitrogen and oxygen atoms in total. The SMILES string of the molecule is CN=C(NCCCc1nnc2n1CCCCC2)NCc1ccc(C)cc1.I. The molecule has 2 heterocycles. The van der Waals surface area contributed by atoms with Crippen LogP contribution in [0.1, 0.15) is 48.5 Å². The van der Waals surface area contributed by atoms with Crippen LogP contribution in [0, 0.1) is 6.92 Å². The molecule has 0 atom stereocenters. The summed E-state index contributed by atoms with van der Waals surface area (Å²) in [5.74, 6) is 3.14. The summed E-state index contributed by atoms with van der Waals surface area (Å²) in [6.07, 6.45) is 6.82. The zero-order valence-corrected chi connectivity index (χ0v) is 18.7. The van der Waals surface area contributed by atoms with Crippen molar-refractivity contribution in [2.75, 3.05) is 13.6 Å². The summed E-state index contributed by atoms with van der Waals surface area (Å²) in [5.41, 5.74) is 2.53. The topological polar surface area (TPSA) is 67.1 Å². The summed E-state index contributed by atoms with van der Waals surface area (Å²) >= 11 is 0. The first-order chi connectivity index (χ1) is 12.8. The molecule has 148 valence electrons. The highest BCUT2D eigenvalue weighted by molar-refractivity contribution is 14.0. The number of nitrogens with zero attached hydrogens (tertiary/aromatic N) is 4. The summed E-state index contributed by atoms with van der Waals surface area (Å²) in [5, 5.41) is 15.5. The molecule has 0 unspecified atom stereocenters. The van der Waals surface area contributed by atoms with Gasteiger partial charge < -0.3 is 15.2 Å². The lowest BCUT2D eigenvalue weighted by Crippen LogP contribution is -2.37. The third-order valence-corrected chi connectivity index (χ3v) is 4.86. The van der Waals surface area contributed by atoms with Crippen LogP contribution in [0.5, 0.6) is 0 Å². The number of benzene rings is 1. The second-order valence-electron chi connectivity index (χ2n) is 6.94. The Hall–Kier alpha value is -1.64. The van der Waals surface area contributed by atoms with Crippen LogP contribution in [0.25, 0.3) is 0 Å². The third-order valence-electron chi connectivity index (χ3n) is 4.86.